The van der Waals surface area contributed by atoms with Crippen molar-refractivity contribution in [1.82, 2.24) is 0 Å². The van der Waals surface area contributed by atoms with Gasteiger partial charge >= 0.3 is 12.8 Å². The van der Waals surface area contributed by atoms with Crippen molar-refractivity contribution in [3.63, 3.8) is 0 Å². The zero-order valence-electron chi connectivity index (χ0n) is 11.7. The van der Waals surface area contributed by atoms with E-state index in [0.29, 0.717) is 0 Å². The summed E-state index contributed by atoms with van der Waals surface area (Å²) >= 11 is 0. The smallest absolute Gasteiger partial charge is 0.416 e. The summed E-state index contributed by atoms with van der Waals surface area (Å²) in [6, 6.07) is 4.72. The summed E-state index contributed by atoms with van der Waals surface area (Å²) < 4.78 is 73.2. The molecule has 0 aliphatic heterocycles. The second kappa shape index (κ2) is 5.36. The van der Waals surface area contributed by atoms with Gasteiger partial charge in [-0.05, 0) is 30.3 Å². The van der Waals surface area contributed by atoms with Gasteiger partial charge in [-0.1, -0.05) is 0 Å². The molecule has 0 aliphatic carbocycles. The molecule has 24 heavy (non-hydrogen) atoms. The minimum atomic E-state index is -4.62. The molecule has 2 aromatic carbocycles. The first-order valence-electron chi connectivity index (χ1n) is 6.49. The van der Waals surface area contributed by atoms with E-state index < -0.39 is 30.0 Å². The molecule has 0 fully saturated rings. The molecule has 0 bridgehead atoms. The Morgan fingerprint density at radius 3 is 2.46 bits per heavy atom. The summed E-state index contributed by atoms with van der Waals surface area (Å²) in [5, 5.41) is -0.185. The largest absolute Gasteiger partial charge is 0.452 e. The van der Waals surface area contributed by atoms with Gasteiger partial charge in [0.2, 0.25) is 5.91 Å². The summed E-state index contributed by atoms with van der Waals surface area (Å²) in [6.07, 6.45) is -4.62. The van der Waals surface area contributed by atoms with Crippen LogP contribution in [0.25, 0.3) is 21.9 Å². The quantitative estimate of drug-likeness (QED) is 0.720. The number of primary amides is 1. The van der Waals surface area contributed by atoms with E-state index in [9.17, 15) is 26.7 Å². The van der Waals surface area contributed by atoms with Crippen molar-refractivity contribution >= 4 is 27.8 Å². The van der Waals surface area contributed by atoms with Crippen LogP contribution in [0.1, 0.15) is 15.9 Å². The van der Waals surface area contributed by atoms with Crippen LogP contribution >= 0.6 is 0 Å². The minimum Gasteiger partial charge on any atom is -0.452 e. The van der Waals surface area contributed by atoms with Gasteiger partial charge in [0.05, 0.1) is 11.1 Å². The summed E-state index contributed by atoms with van der Waals surface area (Å²) in [5.41, 5.74) is 3.77. The van der Waals surface area contributed by atoms with Gasteiger partial charge in [-0.2, -0.15) is 22.0 Å². The van der Waals surface area contributed by atoms with Gasteiger partial charge in [-0.15, -0.1) is 0 Å². The molecule has 3 rings (SSSR count). The fourth-order valence-corrected chi connectivity index (χ4v) is 2.43. The standard InChI is InChI=1S/C15H8F5NO3/c16-14(17)24-10-4-2-7(13(21)22)11-8-5-6(15(18,19)20)1-3-9(8)23-12(10)11/h1-5,14H,(H2,21,22). The number of carbonyl (C=O) groups excluding carboxylic acids is 1. The van der Waals surface area contributed by atoms with Crippen molar-refractivity contribution in [2.75, 3.05) is 0 Å². The number of halogens is 5. The zero-order valence-corrected chi connectivity index (χ0v) is 11.7. The predicted octanol–water partition coefficient (Wildman–Crippen LogP) is 4.31. The van der Waals surface area contributed by atoms with Crippen molar-refractivity contribution < 1.29 is 35.9 Å². The number of hydrogen-bond acceptors (Lipinski definition) is 3. The van der Waals surface area contributed by atoms with Crippen LogP contribution in [0.4, 0.5) is 22.0 Å². The van der Waals surface area contributed by atoms with Crippen LogP contribution in [-0.4, -0.2) is 12.5 Å². The highest BCUT2D eigenvalue weighted by Crippen LogP contribution is 2.40. The molecular weight excluding hydrogens is 337 g/mol. The second-order valence-corrected chi connectivity index (χ2v) is 4.87. The van der Waals surface area contributed by atoms with Crippen LogP contribution in [0, 0.1) is 0 Å². The number of carbonyl (C=O) groups is 1. The van der Waals surface area contributed by atoms with Crippen molar-refractivity contribution in [3.05, 3.63) is 41.5 Å². The van der Waals surface area contributed by atoms with E-state index in [4.69, 9.17) is 10.2 Å². The first-order chi connectivity index (χ1) is 11.2. The number of hydrogen-bond donors (Lipinski definition) is 1. The molecule has 0 saturated heterocycles. The molecule has 2 N–H and O–H groups in total. The summed E-state index contributed by atoms with van der Waals surface area (Å²) in [7, 11) is 0. The van der Waals surface area contributed by atoms with Gasteiger partial charge in [0.1, 0.15) is 5.58 Å². The Bertz CT molecular complexity index is 946. The average molecular weight is 345 g/mol. The van der Waals surface area contributed by atoms with Crippen molar-refractivity contribution in [2.24, 2.45) is 5.73 Å². The fraction of sp³-hybridized carbons (Fsp3) is 0.133. The van der Waals surface area contributed by atoms with Crippen LogP contribution < -0.4 is 10.5 Å². The highest BCUT2D eigenvalue weighted by Gasteiger charge is 2.31. The van der Waals surface area contributed by atoms with Crippen LogP contribution in [0.15, 0.2) is 34.7 Å². The maximum atomic E-state index is 12.9. The molecule has 0 saturated carbocycles. The third-order valence-electron chi connectivity index (χ3n) is 3.39. The van der Waals surface area contributed by atoms with Crippen LogP contribution in [0.5, 0.6) is 5.75 Å². The Kier molecular flexibility index (Phi) is 3.58. The summed E-state index contributed by atoms with van der Waals surface area (Å²) in [6.45, 7) is -3.17. The highest BCUT2D eigenvalue weighted by molar-refractivity contribution is 6.17. The van der Waals surface area contributed by atoms with Gasteiger partial charge in [0.15, 0.2) is 11.3 Å². The first kappa shape index (κ1) is 16.0. The third kappa shape index (κ3) is 2.61. The summed E-state index contributed by atoms with van der Waals surface area (Å²) in [5.74, 6) is -1.35. The molecule has 1 amide bonds. The number of benzene rings is 2. The van der Waals surface area contributed by atoms with Gasteiger partial charge < -0.3 is 14.9 Å². The number of ether oxygens (including phenoxy) is 1. The van der Waals surface area contributed by atoms with E-state index in [0.717, 1.165) is 30.3 Å². The normalized spacial score (nSPS) is 12.2. The highest BCUT2D eigenvalue weighted by atomic mass is 19.4. The van der Waals surface area contributed by atoms with Crippen molar-refractivity contribution in [1.29, 1.82) is 0 Å². The molecule has 4 nitrogen and oxygen atoms in total. The Labute approximate surface area is 130 Å². The van der Waals surface area contributed by atoms with Crippen LogP contribution in [0.2, 0.25) is 0 Å². The fourth-order valence-electron chi connectivity index (χ4n) is 2.43. The second-order valence-electron chi connectivity index (χ2n) is 4.87. The van der Waals surface area contributed by atoms with Crippen molar-refractivity contribution in [3.8, 4) is 5.75 Å². The lowest BCUT2D eigenvalue weighted by Crippen LogP contribution is -2.11. The molecular formula is C15H8F5NO3. The molecule has 0 aliphatic rings. The van der Waals surface area contributed by atoms with E-state index in [2.05, 4.69) is 4.74 Å². The van der Waals surface area contributed by atoms with Crippen LogP contribution in [-0.2, 0) is 6.18 Å². The number of nitrogens with two attached hydrogens (primary N) is 1. The maximum absolute atomic E-state index is 12.9. The molecule has 0 radical (unpaired) electrons. The molecule has 0 atom stereocenters. The number of alkyl halides is 5. The van der Waals surface area contributed by atoms with E-state index in [1.165, 1.54) is 0 Å². The Morgan fingerprint density at radius 2 is 1.88 bits per heavy atom. The van der Waals surface area contributed by atoms with E-state index in [-0.39, 0.29) is 27.5 Å². The molecule has 1 aromatic heterocycles. The molecule has 0 spiro atoms. The number of fused-ring (bicyclic) bond motifs is 3. The predicted molar refractivity (Wildman–Crippen MR) is 73.9 cm³/mol. The topological polar surface area (TPSA) is 65.5 Å². The Hall–Kier alpha value is -2.84. The Balaban J connectivity index is 2.39. The molecule has 3 aromatic rings. The van der Waals surface area contributed by atoms with Gasteiger partial charge in [-0.3, -0.25) is 4.79 Å². The molecule has 126 valence electrons. The lowest BCUT2D eigenvalue weighted by Gasteiger charge is -2.07. The number of rotatable bonds is 3. The van der Waals surface area contributed by atoms with Crippen LogP contribution in [0.3, 0.4) is 0 Å². The Morgan fingerprint density at radius 1 is 1.17 bits per heavy atom. The summed E-state index contributed by atoms with van der Waals surface area (Å²) in [4.78, 5) is 11.5. The van der Waals surface area contributed by atoms with E-state index >= 15 is 0 Å². The van der Waals surface area contributed by atoms with Crippen molar-refractivity contribution in [2.45, 2.75) is 12.8 Å². The SMILES string of the molecule is NC(=O)c1ccc(OC(F)F)c2oc3ccc(C(F)(F)F)cc3c12. The first-order valence-corrected chi connectivity index (χ1v) is 6.49. The van der Waals surface area contributed by atoms with Gasteiger partial charge in [0, 0.05) is 10.8 Å². The van der Waals surface area contributed by atoms with E-state index in [1.54, 1.807) is 0 Å². The zero-order chi connectivity index (χ0) is 17.6. The number of furan rings is 1. The molecule has 9 heteroatoms. The molecule has 0 unspecified atom stereocenters. The minimum absolute atomic E-state index is 0.0224. The molecule has 1 heterocycles. The van der Waals surface area contributed by atoms with Gasteiger partial charge in [0.25, 0.3) is 0 Å². The lowest BCUT2D eigenvalue weighted by molar-refractivity contribution is -0.137. The maximum Gasteiger partial charge on any atom is 0.416 e. The van der Waals surface area contributed by atoms with Gasteiger partial charge in [-0.25, -0.2) is 0 Å². The lowest BCUT2D eigenvalue weighted by atomic mass is 10.0. The number of amides is 1. The third-order valence-corrected chi connectivity index (χ3v) is 3.39. The van der Waals surface area contributed by atoms with E-state index in [1.807, 2.05) is 0 Å². The monoisotopic (exact) mass is 345 g/mol. The average Bonchev–Trinajstić information content (AvgIpc) is 2.85.